The number of ether oxygens (including phenoxy) is 1. The summed E-state index contributed by atoms with van der Waals surface area (Å²) in [5.74, 6) is -0.687. The first kappa shape index (κ1) is 23.5. The van der Waals surface area contributed by atoms with Gasteiger partial charge < -0.3 is 19.9 Å². The Hall–Kier alpha value is -2.14. The van der Waals surface area contributed by atoms with Gasteiger partial charge in [0, 0.05) is 57.9 Å². The molecule has 3 heterocycles. The number of hydrogen-bond donors (Lipinski definition) is 2. The zero-order valence-corrected chi connectivity index (χ0v) is 18.8. The molecule has 3 rings (SSSR count). The van der Waals surface area contributed by atoms with Gasteiger partial charge in [-0.3, -0.25) is 29.3 Å². The third kappa shape index (κ3) is 5.57. The van der Waals surface area contributed by atoms with Gasteiger partial charge in [0.15, 0.2) is 0 Å². The zero-order chi connectivity index (χ0) is 22.6. The highest BCUT2D eigenvalue weighted by Gasteiger charge is 2.42. The Morgan fingerprint density at radius 2 is 1.97 bits per heavy atom. The van der Waals surface area contributed by atoms with Crippen molar-refractivity contribution in [2.75, 3.05) is 38.4 Å². The Balaban J connectivity index is 1.59. The summed E-state index contributed by atoms with van der Waals surface area (Å²) >= 11 is 1.57. The van der Waals surface area contributed by atoms with Gasteiger partial charge >= 0.3 is 0 Å². The van der Waals surface area contributed by atoms with E-state index in [1.54, 1.807) is 28.7 Å². The van der Waals surface area contributed by atoms with Crippen LogP contribution in [0.4, 0.5) is 0 Å². The summed E-state index contributed by atoms with van der Waals surface area (Å²) in [7, 11) is 1.59. The molecular formula is C20H30N4O6S. The highest BCUT2D eigenvalue weighted by Crippen LogP contribution is 2.29. The Kier molecular flexibility index (Phi) is 7.58. The van der Waals surface area contributed by atoms with E-state index in [-0.39, 0.29) is 36.5 Å². The van der Waals surface area contributed by atoms with Gasteiger partial charge in [-0.15, -0.1) is 11.8 Å². The maximum absolute atomic E-state index is 13.0. The van der Waals surface area contributed by atoms with Crippen molar-refractivity contribution in [3.05, 3.63) is 0 Å². The van der Waals surface area contributed by atoms with Crippen molar-refractivity contribution in [2.45, 2.75) is 50.6 Å². The van der Waals surface area contributed by atoms with Gasteiger partial charge in [-0.25, -0.2) is 0 Å². The summed E-state index contributed by atoms with van der Waals surface area (Å²) in [5, 5.41) is 5.29. The fourth-order valence-electron chi connectivity index (χ4n) is 4.40. The van der Waals surface area contributed by atoms with Gasteiger partial charge in [0.1, 0.15) is 6.04 Å². The molecule has 11 heteroatoms. The van der Waals surface area contributed by atoms with Gasteiger partial charge in [-0.2, -0.15) is 0 Å². The molecule has 5 amide bonds. The number of amides is 5. The summed E-state index contributed by atoms with van der Waals surface area (Å²) < 4.78 is 5.22. The largest absolute Gasteiger partial charge is 0.385 e. The van der Waals surface area contributed by atoms with E-state index >= 15 is 0 Å². The molecular weight excluding hydrogens is 424 g/mol. The average molecular weight is 455 g/mol. The van der Waals surface area contributed by atoms with E-state index in [0.29, 0.717) is 50.6 Å². The number of nitrogens with one attached hydrogen (secondary N) is 2. The molecule has 3 aliphatic rings. The van der Waals surface area contributed by atoms with Crippen LogP contribution >= 0.6 is 11.8 Å². The highest BCUT2D eigenvalue weighted by atomic mass is 32.2. The number of thioether (sulfide) groups is 1. The Morgan fingerprint density at radius 3 is 2.55 bits per heavy atom. The first-order valence-corrected chi connectivity index (χ1v) is 11.7. The third-order valence-electron chi connectivity index (χ3n) is 6.29. The Labute approximate surface area is 185 Å². The number of nitrogens with zero attached hydrogens (tertiary/aromatic N) is 2. The zero-order valence-electron chi connectivity index (χ0n) is 18.0. The second-order valence-corrected chi connectivity index (χ2v) is 9.42. The monoisotopic (exact) mass is 454 g/mol. The van der Waals surface area contributed by atoms with E-state index in [0.717, 1.165) is 0 Å². The summed E-state index contributed by atoms with van der Waals surface area (Å²) in [6.45, 7) is 2.87. The standard InChI is InChI=1S/C20H30N4O6S/c1-13(25)24-12-31-11-15(24)19(29)23-6-3-20(4-7-23,5-8-30-2)22-17(27)10-14-9-16(26)21-18(14)28/h14-15H,3-12H2,1-2H3,(H,22,27)(H,21,26,28)/t14?,15-/m0/s1. The quantitative estimate of drug-likeness (QED) is 0.496. The Morgan fingerprint density at radius 1 is 1.26 bits per heavy atom. The van der Waals surface area contributed by atoms with E-state index in [1.807, 2.05) is 0 Å². The molecule has 0 spiro atoms. The number of piperidine rings is 1. The topological polar surface area (TPSA) is 125 Å². The van der Waals surface area contributed by atoms with Gasteiger partial charge in [0.2, 0.25) is 29.5 Å². The van der Waals surface area contributed by atoms with E-state index in [2.05, 4.69) is 10.6 Å². The van der Waals surface area contributed by atoms with E-state index < -0.39 is 23.4 Å². The molecule has 3 fully saturated rings. The van der Waals surface area contributed by atoms with Gasteiger partial charge in [0.05, 0.1) is 11.8 Å². The molecule has 0 radical (unpaired) electrons. The minimum absolute atomic E-state index is 0.0334. The molecule has 3 aliphatic heterocycles. The van der Waals surface area contributed by atoms with Gasteiger partial charge in [0.25, 0.3) is 0 Å². The lowest BCUT2D eigenvalue weighted by molar-refractivity contribution is -0.144. The number of likely N-dealkylation sites (tertiary alicyclic amines) is 1. The fraction of sp³-hybridized carbons (Fsp3) is 0.750. The third-order valence-corrected chi connectivity index (χ3v) is 7.30. The van der Waals surface area contributed by atoms with Crippen molar-refractivity contribution in [1.82, 2.24) is 20.4 Å². The van der Waals surface area contributed by atoms with Crippen molar-refractivity contribution in [3.63, 3.8) is 0 Å². The number of hydrogen-bond acceptors (Lipinski definition) is 7. The summed E-state index contributed by atoms with van der Waals surface area (Å²) in [6, 6.07) is -0.429. The smallest absolute Gasteiger partial charge is 0.246 e. The van der Waals surface area contributed by atoms with Crippen molar-refractivity contribution in [2.24, 2.45) is 5.92 Å². The van der Waals surface area contributed by atoms with Crippen LogP contribution in [0.1, 0.15) is 39.0 Å². The lowest BCUT2D eigenvalue weighted by Gasteiger charge is -2.43. The van der Waals surface area contributed by atoms with Crippen molar-refractivity contribution in [3.8, 4) is 0 Å². The summed E-state index contributed by atoms with van der Waals surface area (Å²) in [6.07, 6.45) is 1.70. The normalized spacial score (nSPS) is 25.5. The highest BCUT2D eigenvalue weighted by molar-refractivity contribution is 7.99. The van der Waals surface area contributed by atoms with E-state index in [1.165, 1.54) is 6.92 Å². The minimum atomic E-state index is -0.633. The molecule has 0 aromatic carbocycles. The number of imide groups is 1. The van der Waals surface area contributed by atoms with Gasteiger partial charge in [-0.05, 0) is 19.3 Å². The molecule has 31 heavy (non-hydrogen) atoms. The van der Waals surface area contributed by atoms with Crippen molar-refractivity contribution < 1.29 is 28.7 Å². The summed E-state index contributed by atoms with van der Waals surface area (Å²) in [5.41, 5.74) is -0.534. The summed E-state index contributed by atoms with van der Waals surface area (Å²) in [4.78, 5) is 64.0. The number of rotatable bonds is 7. The van der Waals surface area contributed by atoms with E-state index in [4.69, 9.17) is 4.74 Å². The number of methoxy groups -OCH3 is 1. The van der Waals surface area contributed by atoms with Crippen LogP contribution in [0.15, 0.2) is 0 Å². The minimum Gasteiger partial charge on any atom is -0.385 e. The van der Waals surface area contributed by atoms with Crippen LogP contribution in [0.5, 0.6) is 0 Å². The van der Waals surface area contributed by atoms with Crippen LogP contribution in [-0.2, 0) is 28.7 Å². The molecule has 10 nitrogen and oxygen atoms in total. The lowest BCUT2D eigenvalue weighted by atomic mass is 9.83. The number of carbonyl (C=O) groups excluding carboxylic acids is 5. The van der Waals surface area contributed by atoms with Crippen LogP contribution in [0.2, 0.25) is 0 Å². The molecule has 3 saturated heterocycles. The van der Waals surface area contributed by atoms with Crippen LogP contribution in [0.25, 0.3) is 0 Å². The second kappa shape index (κ2) is 9.99. The predicted molar refractivity (Wildman–Crippen MR) is 113 cm³/mol. The van der Waals surface area contributed by atoms with Crippen LogP contribution < -0.4 is 10.6 Å². The molecule has 2 atom stereocenters. The second-order valence-electron chi connectivity index (χ2n) is 8.42. The average Bonchev–Trinajstić information content (AvgIpc) is 3.33. The van der Waals surface area contributed by atoms with Crippen LogP contribution in [0.3, 0.4) is 0 Å². The van der Waals surface area contributed by atoms with Crippen LogP contribution in [-0.4, -0.2) is 89.4 Å². The predicted octanol–water partition coefficient (Wildman–Crippen LogP) is -0.525. The molecule has 0 aromatic heterocycles. The van der Waals surface area contributed by atoms with E-state index in [9.17, 15) is 24.0 Å². The Bertz CT molecular complexity index is 752. The molecule has 0 aromatic rings. The lowest BCUT2D eigenvalue weighted by Crippen LogP contribution is -2.59. The molecule has 0 saturated carbocycles. The molecule has 172 valence electrons. The SMILES string of the molecule is COCCC1(NC(=O)CC2CC(=O)NC2=O)CCN(C(=O)[C@@H]2CSCN2C(C)=O)CC1. The first-order valence-electron chi connectivity index (χ1n) is 10.5. The van der Waals surface area contributed by atoms with Crippen LogP contribution in [0, 0.1) is 5.92 Å². The molecule has 0 aliphatic carbocycles. The molecule has 0 bridgehead atoms. The van der Waals surface area contributed by atoms with Crippen molar-refractivity contribution >= 4 is 41.3 Å². The molecule has 2 N–H and O–H groups in total. The molecule has 1 unspecified atom stereocenters. The maximum Gasteiger partial charge on any atom is 0.246 e. The van der Waals surface area contributed by atoms with Crippen molar-refractivity contribution in [1.29, 1.82) is 0 Å². The number of carbonyl (C=O) groups is 5. The first-order chi connectivity index (χ1) is 14.7. The fourth-order valence-corrected chi connectivity index (χ4v) is 5.61. The maximum atomic E-state index is 13.0. The van der Waals surface area contributed by atoms with Gasteiger partial charge in [-0.1, -0.05) is 0 Å².